The molecule has 4 heteroatoms. The molecule has 3 aliphatic rings. The molecule has 148 valence electrons. The van der Waals surface area contributed by atoms with E-state index in [1.54, 1.807) is 11.8 Å². The molecule has 1 saturated carbocycles. The lowest BCUT2D eigenvalue weighted by Gasteiger charge is -2.45. The number of quaternary nitrogens is 1. The number of hydrogen-bond acceptors (Lipinski definition) is 3. The van der Waals surface area contributed by atoms with Crippen molar-refractivity contribution in [2.24, 2.45) is 23.2 Å². The van der Waals surface area contributed by atoms with Crippen LogP contribution >= 0.6 is 0 Å². The predicted octanol–water partition coefficient (Wildman–Crippen LogP) is 3.48. The zero-order chi connectivity index (χ0) is 19.0. The SMILES string of the molecule is C[C@@H](CCc1ccco1)[NH2+]C[C@@H]1C(=O)O[C@H]2C[C@]3(C)CCC[C@H](C)C3=C[C@H]21. The van der Waals surface area contributed by atoms with Crippen molar-refractivity contribution in [2.45, 2.75) is 71.4 Å². The maximum absolute atomic E-state index is 12.6. The number of hydrogen-bond donors (Lipinski definition) is 1. The van der Waals surface area contributed by atoms with Crippen molar-refractivity contribution in [3.63, 3.8) is 0 Å². The third-order valence-corrected chi connectivity index (χ3v) is 7.30. The standard InChI is InChI=1S/C23H33NO3/c1-15-6-4-10-23(3)13-21-18(12-20(15)23)19(22(25)27-21)14-24-16(2)8-9-17-7-5-11-26-17/h5,7,11-12,15-16,18-19,21,24H,4,6,8-10,13-14H2,1-3H3/p+1/t15-,16-,18-,19-,21-,23-/m0/s1. The molecule has 4 nitrogen and oxygen atoms in total. The summed E-state index contributed by atoms with van der Waals surface area (Å²) in [6.07, 6.45) is 11.1. The Morgan fingerprint density at radius 3 is 3.04 bits per heavy atom. The molecule has 1 aliphatic heterocycles. The number of allylic oxidation sites excluding steroid dienone is 1. The lowest BCUT2D eigenvalue weighted by Crippen LogP contribution is -2.90. The zero-order valence-corrected chi connectivity index (χ0v) is 16.9. The van der Waals surface area contributed by atoms with Gasteiger partial charge in [-0.25, -0.2) is 0 Å². The Bertz CT molecular complexity index is 694. The van der Waals surface area contributed by atoms with Crippen molar-refractivity contribution in [3.05, 3.63) is 35.8 Å². The Hall–Kier alpha value is -1.55. The first kappa shape index (κ1) is 18.8. The molecule has 0 bridgehead atoms. The minimum atomic E-state index is 0.00670. The highest BCUT2D eigenvalue weighted by atomic mass is 16.6. The fraction of sp³-hybridized carbons (Fsp3) is 0.696. The van der Waals surface area contributed by atoms with Crippen molar-refractivity contribution < 1.29 is 19.3 Å². The third kappa shape index (κ3) is 3.73. The van der Waals surface area contributed by atoms with E-state index in [9.17, 15) is 4.79 Å². The summed E-state index contributed by atoms with van der Waals surface area (Å²) in [6, 6.07) is 4.44. The fourth-order valence-electron chi connectivity index (χ4n) is 5.64. The molecule has 6 atom stereocenters. The quantitative estimate of drug-likeness (QED) is 0.614. The molecule has 1 aromatic rings. The van der Waals surface area contributed by atoms with E-state index in [0.29, 0.717) is 12.0 Å². The van der Waals surface area contributed by atoms with E-state index in [4.69, 9.17) is 9.15 Å². The second-order valence-corrected chi connectivity index (χ2v) is 9.41. The molecule has 2 aliphatic carbocycles. The van der Waals surface area contributed by atoms with E-state index >= 15 is 0 Å². The number of rotatable bonds is 6. The first-order chi connectivity index (χ1) is 13.0. The molecule has 2 heterocycles. The molecule has 1 aromatic heterocycles. The summed E-state index contributed by atoms with van der Waals surface area (Å²) in [5, 5.41) is 2.33. The monoisotopic (exact) mass is 372 g/mol. The van der Waals surface area contributed by atoms with Gasteiger partial charge in [-0.1, -0.05) is 31.9 Å². The van der Waals surface area contributed by atoms with Crippen molar-refractivity contribution in [1.29, 1.82) is 0 Å². The maximum Gasteiger partial charge on any atom is 0.315 e. The molecule has 2 N–H and O–H groups in total. The summed E-state index contributed by atoms with van der Waals surface area (Å²) in [5.41, 5.74) is 1.85. The highest BCUT2D eigenvalue weighted by Gasteiger charge is 2.52. The van der Waals surface area contributed by atoms with Gasteiger partial charge in [0.25, 0.3) is 0 Å². The zero-order valence-electron chi connectivity index (χ0n) is 16.9. The summed E-state index contributed by atoms with van der Waals surface area (Å²) in [7, 11) is 0. The van der Waals surface area contributed by atoms with Crippen LogP contribution < -0.4 is 5.32 Å². The van der Waals surface area contributed by atoms with Gasteiger partial charge in [-0.05, 0) is 49.7 Å². The summed E-state index contributed by atoms with van der Waals surface area (Å²) < 4.78 is 11.3. The van der Waals surface area contributed by atoms with Crippen LogP contribution in [0.15, 0.2) is 34.5 Å². The largest absolute Gasteiger partial charge is 0.469 e. The number of ether oxygens (including phenoxy) is 1. The fourth-order valence-corrected chi connectivity index (χ4v) is 5.64. The van der Waals surface area contributed by atoms with Crippen LogP contribution in [0.2, 0.25) is 0 Å². The summed E-state index contributed by atoms with van der Waals surface area (Å²) in [6.45, 7) is 7.81. The van der Waals surface area contributed by atoms with Crippen LogP contribution in [0.5, 0.6) is 0 Å². The van der Waals surface area contributed by atoms with E-state index in [2.05, 4.69) is 32.2 Å². The van der Waals surface area contributed by atoms with Crippen LogP contribution in [0.1, 0.15) is 58.6 Å². The number of carbonyl (C=O) groups excluding carboxylic acids is 1. The van der Waals surface area contributed by atoms with Gasteiger partial charge >= 0.3 is 5.97 Å². The second-order valence-electron chi connectivity index (χ2n) is 9.41. The number of esters is 1. The smallest absolute Gasteiger partial charge is 0.315 e. The van der Waals surface area contributed by atoms with Crippen LogP contribution in [0, 0.1) is 23.2 Å². The molecule has 2 fully saturated rings. The van der Waals surface area contributed by atoms with Crippen molar-refractivity contribution in [2.75, 3.05) is 6.54 Å². The van der Waals surface area contributed by atoms with E-state index in [1.807, 2.05) is 12.1 Å². The number of nitrogens with two attached hydrogens (primary N) is 1. The molecule has 0 unspecified atom stereocenters. The first-order valence-electron chi connectivity index (χ1n) is 10.7. The Morgan fingerprint density at radius 1 is 1.41 bits per heavy atom. The number of carbonyl (C=O) groups is 1. The third-order valence-electron chi connectivity index (χ3n) is 7.30. The van der Waals surface area contributed by atoms with Crippen molar-refractivity contribution >= 4 is 5.97 Å². The Balaban J connectivity index is 1.39. The highest BCUT2D eigenvalue weighted by molar-refractivity contribution is 5.76. The molecule has 0 amide bonds. The summed E-state index contributed by atoms with van der Waals surface area (Å²) in [4.78, 5) is 12.6. The summed E-state index contributed by atoms with van der Waals surface area (Å²) >= 11 is 0. The van der Waals surface area contributed by atoms with Gasteiger partial charge in [0.15, 0.2) is 0 Å². The van der Waals surface area contributed by atoms with E-state index in [1.165, 1.54) is 19.3 Å². The van der Waals surface area contributed by atoms with Crippen LogP contribution in [0.25, 0.3) is 0 Å². The summed E-state index contributed by atoms with van der Waals surface area (Å²) in [5.74, 6) is 1.99. The van der Waals surface area contributed by atoms with Gasteiger partial charge in [0.1, 0.15) is 17.8 Å². The van der Waals surface area contributed by atoms with Gasteiger partial charge in [-0.2, -0.15) is 0 Å². The van der Waals surface area contributed by atoms with Gasteiger partial charge in [-0.3, -0.25) is 4.79 Å². The normalized spacial score (nSPS) is 36.6. The van der Waals surface area contributed by atoms with Gasteiger partial charge in [-0.15, -0.1) is 0 Å². The second kappa shape index (κ2) is 7.46. The number of furan rings is 1. The molecule has 0 radical (unpaired) electrons. The predicted molar refractivity (Wildman–Crippen MR) is 104 cm³/mol. The molecule has 1 saturated heterocycles. The topological polar surface area (TPSA) is 56.0 Å². The highest BCUT2D eigenvalue weighted by Crippen LogP contribution is 2.53. The minimum absolute atomic E-state index is 0.00670. The Kier molecular flexibility index (Phi) is 5.19. The molecule has 0 aromatic carbocycles. The Morgan fingerprint density at radius 2 is 2.26 bits per heavy atom. The van der Waals surface area contributed by atoms with Crippen molar-refractivity contribution in [3.8, 4) is 0 Å². The molecule has 27 heavy (non-hydrogen) atoms. The van der Waals surface area contributed by atoms with Gasteiger partial charge < -0.3 is 14.5 Å². The van der Waals surface area contributed by atoms with E-state index in [-0.39, 0.29) is 29.3 Å². The van der Waals surface area contributed by atoms with Crippen LogP contribution in [0.4, 0.5) is 0 Å². The van der Waals surface area contributed by atoms with E-state index in [0.717, 1.165) is 31.6 Å². The first-order valence-corrected chi connectivity index (χ1v) is 10.7. The van der Waals surface area contributed by atoms with Gasteiger partial charge in [0.2, 0.25) is 0 Å². The lowest BCUT2D eigenvalue weighted by atomic mass is 9.59. The van der Waals surface area contributed by atoms with Crippen LogP contribution in [0.3, 0.4) is 0 Å². The number of fused-ring (bicyclic) bond motifs is 2. The maximum atomic E-state index is 12.6. The minimum Gasteiger partial charge on any atom is -0.469 e. The van der Waals surface area contributed by atoms with Crippen molar-refractivity contribution in [1.82, 2.24) is 0 Å². The lowest BCUT2D eigenvalue weighted by molar-refractivity contribution is -0.690. The molecule has 0 spiro atoms. The molecule has 4 rings (SSSR count). The molecular formula is C23H34NO3+. The number of aryl methyl sites for hydroxylation is 1. The average Bonchev–Trinajstić information content (AvgIpc) is 3.23. The van der Waals surface area contributed by atoms with Gasteiger partial charge in [0, 0.05) is 18.8 Å². The van der Waals surface area contributed by atoms with Crippen LogP contribution in [-0.2, 0) is 16.0 Å². The van der Waals surface area contributed by atoms with E-state index < -0.39 is 0 Å². The Labute approximate surface area is 162 Å². The van der Waals surface area contributed by atoms with Crippen LogP contribution in [-0.4, -0.2) is 24.7 Å². The molecular weight excluding hydrogens is 338 g/mol. The van der Waals surface area contributed by atoms with Gasteiger partial charge in [0.05, 0.1) is 18.8 Å². The average molecular weight is 373 g/mol.